The van der Waals surface area contributed by atoms with E-state index in [0.717, 1.165) is 49.4 Å². The predicted molar refractivity (Wildman–Crippen MR) is 163 cm³/mol. The summed E-state index contributed by atoms with van der Waals surface area (Å²) in [5.74, 6) is -0.333. The lowest BCUT2D eigenvalue weighted by molar-refractivity contribution is 0.0953. The number of carbonyl (C=O) groups is 2. The molecule has 0 fully saturated rings. The number of hydrogen-bond acceptors (Lipinski definition) is 5. The van der Waals surface area contributed by atoms with Crippen LogP contribution in [0, 0.1) is 0 Å². The third-order valence-corrected chi connectivity index (χ3v) is 7.97. The topological polar surface area (TPSA) is 79.6 Å². The Labute approximate surface area is 240 Å². The molecule has 41 heavy (non-hydrogen) atoms. The molecule has 3 heterocycles. The van der Waals surface area contributed by atoms with Crippen LogP contribution in [-0.4, -0.2) is 27.8 Å². The first-order valence-corrected chi connectivity index (χ1v) is 14.0. The normalized spacial score (nSPS) is 12.5. The van der Waals surface area contributed by atoms with E-state index in [2.05, 4.69) is 10.5 Å². The van der Waals surface area contributed by atoms with Gasteiger partial charge in [0.15, 0.2) is 0 Å². The van der Waals surface area contributed by atoms with Crippen LogP contribution in [-0.2, 0) is 6.54 Å². The van der Waals surface area contributed by atoms with Crippen LogP contribution in [0.3, 0.4) is 0 Å². The van der Waals surface area contributed by atoms with E-state index in [4.69, 9.17) is 5.10 Å². The molecule has 7 nitrogen and oxygen atoms in total. The maximum Gasteiger partial charge on any atom is 0.271 e. The van der Waals surface area contributed by atoms with Gasteiger partial charge in [-0.25, -0.2) is 10.1 Å². The van der Waals surface area contributed by atoms with Crippen molar-refractivity contribution in [3.63, 3.8) is 0 Å². The van der Waals surface area contributed by atoms with Crippen molar-refractivity contribution >= 4 is 45.8 Å². The number of nitrogens with zero attached hydrogens (tertiary/aromatic N) is 4. The van der Waals surface area contributed by atoms with Crippen molar-refractivity contribution in [2.45, 2.75) is 6.54 Å². The largest absolute Gasteiger partial charge is 0.303 e. The minimum absolute atomic E-state index is 0.00883. The van der Waals surface area contributed by atoms with E-state index < -0.39 is 0 Å². The fourth-order valence-electron chi connectivity index (χ4n) is 5.10. The number of hydrazone groups is 1. The average molecular weight is 554 g/mol. The molecule has 0 saturated carbocycles. The minimum Gasteiger partial charge on any atom is -0.303 e. The van der Waals surface area contributed by atoms with Gasteiger partial charge < -0.3 is 4.90 Å². The van der Waals surface area contributed by atoms with Crippen molar-refractivity contribution in [1.29, 1.82) is 0 Å². The van der Waals surface area contributed by atoms with Crippen molar-refractivity contribution in [3.05, 3.63) is 137 Å². The molecule has 0 aliphatic carbocycles. The highest BCUT2D eigenvalue weighted by Crippen LogP contribution is 2.38. The van der Waals surface area contributed by atoms with E-state index in [1.165, 1.54) is 0 Å². The number of amides is 2. The number of rotatable bonds is 7. The van der Waals surface area contributed by atoms with Crippen molar-refractivity contribution < 1.29 is 9.59 Å². The van der Waals surface area contributed by atoms with Gasteiger partial charge in [-0.3, -0.25) is 9.59 Å². The summed E-state index contributed by atoms with van der Waals surface area (Å²) in [6.07, 6.45) is 3.51. The van der Waals surface area contributed by atoms with Crippen molar-refractivity contribution in [1.82, 2.24) is 15.2 Å². The highest BCUT2D eigenvalue weighted by atomic mass is 32.1. The Bertz CT molecular complexity index is 1920. The van der Waals surface area contributed by atoms with E-state index in [0.29, 0.717) is 12.1 Å². The first-order chi connectivity index (χ1) is 20.2. The molecule has 0 radical (unpaired) electrons. The van der Waals surface area contributed by atoms with Gasteiger partial charge in [0, 0.05) is 28.3 Å². The van der Waals surface area contributed by atoms with Gasteiger partial charge in [0.2, 0.25) is 0 Å². The summed E-state index contributed by atoms with van der Waals surface area (Å²) >= 11 is 1.59. The molecule has 4 aromatic carbocycles. The second kappa shape index (κ2) is 10.3. The molecule has 0 unspecified atom stereocenters. The van der Waals surface area contributed by atoms with Gasteiger partial charge >= 0.3 is 0 Å². The number of thiophene rings is 1. The van der Waals surface area contributed by atoms with E-state index in [1.54, 1.807) is 39.3 Å². The Morgan fingerprint density at radius 2 is 1.71 bits per heavy atom. The van der Waals surface area contributed by atoms with Crippen LogP contribution in [0.15, 0.2) is 120 Å². The molecule has 7 rings (SSSR count). The molecule has 198 valence electrons. The number of hydrogen-bond donors (Lipinski definition) is 1. The van der Waals surface area contributed by atoms with Crippen LogP contribution in [0.4, 0.5) is 5.69 Å². The van der Waals surface area contributed by atoms with E-state index in [9.17, 15) is 9.59 Å². The minimum atomic E-state index is -0.324. The van der Waals surface area contributed by atoms with Crippen molar-refractivity contribution in [2.75, 3.05) is 4.90 Å². The van der Waals surface area contributed by atoms with Crippen molar-refractivity contribution in [3.8, 4) is 16.3 Å². The summed E-state index contributed by atoms with van der Waals surface area (Å²) in [4.78, 5) is 28.8. The standard InChI is InChI=1S/C33H23N5O2S/c39-32(35-34-19-25-21-38(26-9-2-1-3-10-26)36-31(25)29-13-6-18-41-29)24-16-14-22(15-17-24)20-37-28-12-5-8-23-7-4-11-27(30(23)28)33(37)40/h1-19,21H,20H2,(H,35,39)/b34-19-. The van der Waals surface area contributed by atoms with Gasteiger partial charge in [-0.15, -0.1) is 11.3 Å². The summed E-state index contributed by atoms with van der Waals surface area (Å²) in [6, 6.07) is 32.8. The molecule has 1 N–H and O–H groups in total. The quantitative estimate of drug-likeness (QED) is 0.177. The average Bonchev–Trinajstić information content (AvgIpc) is 3.75. The summed E-state index contributed by atoms with van der Waals surface area (Å²) in [5, 5.41) is 13.0. The van der Waals surface area contributed by atoms with Gasteiger partial charge in [-0.05, 0) is 58.8 Å². The molecule has 2 amide bonds. The predicted octanol–water partition coefficient (Wildman–Crippen LogP) is 6.68. The highest BCUT2D eigenvalue weighted by molar-refractivity contribution is 7.13. The molecular weight excluding hydrogens is 530 g/mol. The molecular formula is C33H23N5O2S. The number of carbonyl (C=O) groups excluding carboxylic acids is 2. The lowest BCUT2D eigenvalue weighted by Crippen LogP contribution is -2.26. The summed E-state index contributed by atoms with van der Waals surface area (Å²) in [7, 11) is 0. The molecule has 2 aromatic heterocycles. The molecule has 8 heteroatoms. The Balaban J connectivity index is 1.06. The smallest absolute Gasteiger partial charge is 0.271 e. The van der Waals surface area contributed by atoms with Gasteiger partial charge in [0.25, 0.3) is 11.8 Å². The summed E-state index contributed by atoms with van der Waals surface area (Å²) < 4.78 is 1.81. The molecule has 1 aliphatic rings. The molecule has 0 saturated heterocycles. The summed E-state index contributed by atoms with van der Waals surface area (Å²) in [6.45, 7) is 0.420. The zero-order chi connectivity index (χ0) is 27.8. The van der Waals surface area contributed by atoms with Crippen molar-refractivity contribution in [2.24, 2.45) is 5.10 Å². The zero-order valence-electron chi connectivity index (χ0n) is 21.8. The number of para-hydroxylation sites is 1. The van der Waals surface area contributed by atoms with Crippen LogP contribution in [0.5, 0.6) is 0 Å². The number of anilines is 1. The van der Waals surface area contributed by atoms with Gasteiger partial charge in [0.05, 0.1) is 29.0 Å². The number of nitrogens with one attached hydrogen (secondary N) is 1. The fraction of sp³-hybridized carbons (Fsp3) is 0.0303. The highest BCUT2D eigenvalue weighted by Gasteiger charge is 2.29. The first-order valence-electron chi connectivity index (χ1n) is 13.1. The fourth-order valence-corrected chi connectivity index (χ4v) is 5.84. The Kier molecular flexibility index (Phi) is 6.22. The third-order valence-electron chi connectivity index (χ3n) is 7.09. The lowest BCUT2D eigenvalue weighted by atomic mass is 10.1. The lowest BCUT2D eigenvalue weighted by Gasteiger charge is -2.18. The first kappa shape index (κ1) is 24.7. The van der Waals surface area contributed by atoms with Crippen LogP contribution < -0.4 is 10.3 Å². The Hall–Kier alpha value is -5.34. The molecule has 1 aliphatic heterocycles. The van der Waals surface area contributed by atoms with Gasteiger partial charge in [-0.1, -0.05) is 60.7 Å². The van der Waals surface area contributed by atoms with E-state index >= 15 is 0 Å². The summed E-state index contributed by atoms with van der Waals surface area (Å²) in [5.41, 5.74) is 8.19. The second-order valence-corrected chi connectivity index (χ2v) is 10.6. The molecule has 0 spiro atoms. The molecule has 0 atom stereocenters. The maximum atomic E-state index is 13.1. The zero-order valence-corrected chi connectivity index (χ0v) is 22.6. The Morgan fingerprint density at radius 1 is 0.902 bits per heavy atom. The van der Waals surface area contributed by atoms with E-state index in [-0.39, 0.29) is 11.8 Å². The Morgan fingerprint density at radius 3 is 2.49 bits per heavy atom. The number of benzene rings is 4. The van der Waals surface area contributed by atoms with Crippen LogP contribution >= 0.6 is 11.3 Å². The van der Waals surface area contributed by atoms with Gasteiger partial charge in [0.1, 0.15) is 5.69 Å². The third kappa shape index (κ3) is 4.60. The van der Waals surface area contributed by atoms with E-state index in [1.807, 2.05) is 103 Å². The van der Waals surface area contributed by atoms with Crippen LogP contribution in [0.1, 0.15) is 31.8 Å². The molecule has 0 bridgehead atoms. The monoisotopic (exact) mass is 553 g/mol. The van der Waals surface area contributed by atoms with Crippen LogP contribution in [0.2, 0.25) is 0 Å². The number of aromatic nitrogens is 2. The maximum absolute atomic E-state index is 13.1. The molecule has 6 aromatic rings. The van der Waals surface area contributed by atoms with Gasteiger partial charge in [-0.2, -0.15) is 10.2 Å². The second-order valence-electron chi connectivity index (χ2n) is 9.66. The SMILES string of the molecule is O=C(N/N=C\c1cn(-c2ccccc2)nc1-c1cccs1)c1ccc(CN2C(=O)c3cccc4cccc2c34)cc1. The van der Waals surface area contributed by atoms with Crippen LogP contribution in [0.25, 0.3) is 27.0 Å².